The third-order valence-corrected chi connectivity index (χ3v) is 3.81. The number of nitrogens with zero attached hydrogens (tertiary/aromatic N) is 2. The number of hydrogen-bond donors (Lipinski definition) is 2. The van der Waals surface area contributed by atoms with Crippen LogP contribution in [0.5, 0.6) is 11.5 Å². The first-order valence-corrected chi connectivity index (χ1v) is 11.5. The van der Waals surface area contributed by atoms with Crippen LogP contribution in [-0.2, 0) is 0 Å². The van der Waals surface area contributed by atoms with Crippen molar-refractivity contribution in [1.29, 1.82) is 0 Å². The van der Waals surface area contributed by atoms with E-state index in [1.54, 1.807) is 6.20 Å². The van der Waals surface area contributed by atoms with Gasteiger partial charge in [-0.1, -0.05) is 61.8 Å². The Bertz CT molecular complexity index is 768. The minimum atomic E-state index is -4.78. The average Bonchev–Trinajstić information content (AvgIpc) is 2.80. The van der Waals surface area contributed by atoms with Crippen LogP contribution in [0.25, 0.3) is 11.4 Å². The molecule has 2 rings (SSSR count). The summed E-state index contributed by atoms with van der Waals surface area (Å²) in [7, 11) is 1.34. The number of anilines is 2. The average molecular weight is 475 g/mol. The Morgan fingerprint density at radius 1 is 1.03 bits per heavy atom. The first-order valence-electron chi connectivity index (χ1n) is 11.5. The van der Waals surface area contributed by atoms with E-state index in [0.29, 0.717) is 11.3 Å². The highest BCUT2D eigenvalue weighted by atomic mass is 19.4. The lowest BCUT2D eigenvalue weighted by molar-refractivity contribution is -0.274. The van der Waals surface area contributed by atoms with E-state index in [9.17, 15) is 13.2 Å². The number of ether oxygens (including phenoxy) is 2. The van der Waals surface area contributed by atoms with Crippen LogP contribution in [0.15, 0.2) is 24.4 Å². The van der Waals surface area contributed by atoms with Gasteiger partial charge in [-0.25, -0.2) is 9.97 Å². The molecule has 0 unspecified atom stereocenters. The van der Waals surface area contributed by atoms with Crippen LogP contribution in [0, 0.1) is 0 Å². The predicted octanol–water partition coefficient (Wildman–Crippen LogP) is 7.70. The molecule has 0 saturated carbocycles. The Morgan fingerprint density at radius 2 is 1.58 bits per heavy atom. The maximum Gasteiger partial charge on any atom is 0.573 e. The van der Waals surface area contributed by atoms with E-state index in [1.165, 1.54) is 25.7 Å². The fourth-order valence-corrected chi connectivity index (χ4v) is 2.40. The fraction of sp³-hybridized carbons (Fsp3) is 0.583. The van der Waals surface area contributed by atoms with Crippen molar-refractivity contribution in [3.63, 3.8) is 0 Å². The summed E-state index contributed by atoms with van der Waals surface area (Å²) in [6, 6.07) is 3.93. The number of nitrogen functional groups attached to an aromatic ring is 1. The zero-order valence-electron chi connectivity index (χ0n) is 21.4. The van der Waals surface area contributed by atoms with Gasteiger partial charge >= 0.3 is 6.36 Å². The monoisotopic (exact) mass is 474 g/mol. The number of hydrogen-bond acceptors (Lipinski definition) is 6. The lowest BCUT2D eigenvalue weighted by Crippen LogP contribution is -2.18. The van der Waals surface area contributed by atoms with Crippen LogP contribution in [0.4, 0.5) is 24.7 Å². The number of halogens is 3. The number of nitrogens with one attached hydrogen (secondary N) is 1. The molecule has 0 aliphatic carbocycles. The van der Waals surface area contributed by atoms with Gasteiger partial charge in [-0.05, 0) is 25.0 Å². The summed E-state index contributed by atoms with van der Waals surface area (Å²) < 4.78 is 46.1. The second-order valence-corrected chi connectivity index (χ2v) is 6.27. The Kier molecular flexibility index (Phi) is 17.5. The lowest BCUT2D eigenvalue weighted by Gasteiger charge is -2.17. The van der Waals surface area contributed by atoms with Crippen LogP contribution in [0.3, 0.4) is 0 Å². The minimum absolute atomic E-state index is 0.145. The van der Waals surface area contributed by atoms with E-state index in [4.69, 9.17) is 10.5 Å². The molecule has 0 aliphatic rings. The predicted molar refractivity (Wildman–Crippen MR) is 132 cm³/mol. The topological polar surface area (TPSA) is 82.3 Å². The number of nitrogens with two attached hydrogens (primary N) is 1. The molecule has 0 bridgehead atoms. The largest absolute Gasteiger partial charge is 0.573 e. The Morgan fingerprint density at radius 3 is 2.00 bits per heavy atom. The van der Waals surface area contributed by atoms with Crippen LogP contribution in [-0.4, -0.2) is 29.5 Å². The zero-order valence-corrected chi connectivity index (χ0v) is 21.4. The highest BCUT2D eigenvalue weighted by molar-refractivity contribution is 5.70. The number of rotatable bonds is 7. The Labute approximate surface area is 197 Å². The molecule has 1 aromatic carbocycles. The summed E-state index contributed by atoms with van der Waals surface area (Å²) in [5.41, 5.74) is 7.01. The van der Waals surface area contributed by atoms with Crippen LogP contribution in [0.2, 0.25) is 0 Å². The van der Waals surface area contributed by atoms with Crippen molar-refractivity contribution < 1.29 is 22.6 Å². The maximum atomic E-state index is 12.3. The molecule has 9 heteroatoms. The van der Waals surface area contributed by atoms with E-state index in [0.717, 1.165) is 18.9 Å². The molecule has 3 N–H and O–H groups in total. The molecule has 1 aromatic heterocycles. The van der Waals surface area contributed by atoms with Gasteiger partial charge in [0.15, 0.2) is 11.6 Å². The molecule has 1 heterocycles. The van der Waals surface area contributed by atoms with Gasteiger partial charge in [-0.15, -0.1) is 13.2 Å². The van der Waals surface area contributed by atoms with E-state index < -0.39 is 12.1 Å². The number of methoxy groups -OCH3 is 1. The van der Waals surface area contributed by atoms with Crippen LogP contribution < -0.4 is 20.5 Å². The van der Waals surface area contributed by atoms with Gasteiger partial charge in [-0.2, -0.15) is 0 Å². The van der Waals surface area contributed by atoms with Crippen molar-refractivity contribution in [2.45, 2.75) is 87.1 Å². The molecule has 0 atom stereocenters. The summed E-state index contributed by atoms with van der Waals surface area (Å²) in [4.78, 5) is 8.49. The number of alkyl halides is 3. The fourth-order valence-electron chi connectivity index (χ4n) is 2.40. The first kappa shape index (κ1) is 32.5. The summed E-state index contributed by atoms with van der Waals surface area (Å²) in [6.07, 6.45) is -0.135. The van der Waals surface area contributed by atoms with Crippen molar-refractivity contribution in [3.05, 3.63) is 24.4 Å². The molecule has 6 nitrogen and oxygen atoms in total. The molecular weight excluding hydrogens is 433 g/mol. The van der Waals surface area contributed by atoms with Crippen molar-refractivity contribution in [2.24, 2.45) is 0 Å². The molecule has 0 saturated heterocycles. The Balaban J connectivity index is 0. The van der Waals surface area contributed by atoms with Crippen LogP contribution in [0.1, 0.15) is 74.7 Å². The van der Waals surface area contributed by atoms with Gasteiger partial charge in [0.25, 0.3) is 0 Å². The Hall–Kier alpha value is -2.71. The summed E-state index contributed by atoms with van der Waals surface area (Å²) >= 11 is 0. The lowest BCUT2D eigenvalue weighted by atomic mass is 10.1. The molecule has 0 aliphatic heterocycles. The van der Waals surface area contributed by atoms with Crippen LogP contribution >= 0.6 is 0 Å². The second-order valence-electron chi connectivity index (χ2n) is 6.27. The zero-order chi connectivity index (χ0) is 26.0. The third-order valence-electron chi connectivity index (χ3n) is 3.81. The van der Waals surface area contributed by atoms with Crippen molar-refractivity contribution in [2.75, 3.05) is 18.2 Å². The summed E-state index contributed by atoms with van der Waals surface area (Å²) in [6.45, 7) is 16.4. The molecule has 0 fully saturated rings. The van der Waals surface area contributed by atoms with Gasteiger partial charge < -0.3 is 20.5 Å². The smallest absolute Gasteiger partial charge is 0.496 e. The highest BCUT2D eigenvalue weighted by Crippen LogP contribution is 2.34. The van der Waals surface area contributed by atoms with E-state index >= 15 is 0 Å². The molecule has 2 aromatic rings. The molecule has 0 spiro atoms. The van der Waals surface area contributed by atoms with E-state index in [-0.39, 0.29) is 23.4 Å². The number of benzene rings is 1. The molecule has 190 valence electrons. The van der Waals surface area contributed by atoms with E-state index in [1.807, 2.05) is 27.7 Å². The first-order chi connectivity index (χ1) is 15.7. The SMILES string of the molecule is CC.CC.CCC.CCC(CC)Nc1cnc(-c2ccc(OC(F)(F)F)cc2OC)nc1N. The van der Waals surface area contributed by atoms with Crippen molar-refractivity contribution in [3.8, 4) is 22.9 Å². The minimum Gasteiger partial charge on any atom is -0.496 e. The van der Waals surface area contributed by atoms with Crippen molar-refractivity contribution in [1.82, 2.24) is 9.97 Å². The summed E-state index contributed by atoms with van der Waals surface area (Å²) in [5.74, 6) is 0.248. The molecule has 0 radical (unpaired) electrons. The quantitative estimate of drug-likeness (QED) is 0.428. The van der Waals surface area contributed by atoms with Gasteiger partial charge in [0.05, 0.1) is 24.6 Å². The van der Waals surface area contributed by atoms with Crippen molar-refractivity contribution >= 4 is 11.5 Å². The number of aromatic nitrogens is 2. The van der Waals surface area contributed by atoms with Gasteiger partial charge in [-0.3, -0.25) is 0 Å². The van der Waals surface area contributed by atoms with Gasteiger partial charge in [0.1, 0.15) is 11.5 Å². The maximum absolute atomic E-state index is 12.3. The van der Waals surface area contributed by atoms with E-state index in [2.05, 4.69) is 47.7 Å². The van der Waals surface area contributed by atoms with Gasteiger partial charge in [0, 0.05) is 12.1 Å². The highest BCUT2D eigenvalue weighted by Gasteiger charge is 2.31. The second kappa shape index (κ2) is 17.8. The molecule has 0 amide bonds. The molecular formula is C24H41F3N4O2. The standard InChI is InChI=1S/C17H21F3N4O2.C3H8.2C2H6/c1-4-10(5-2)23-13-9-22-16(24-15(13)21)12-7-6-11(8-14(12)25-3)26-17(18,19)20;1-3-2;2*1-2/h6-10,23H,4-5H2,1-3H3,(H2,21,22,24);3H2,1-2H3;2*1-2H3. The normalized spacial score (nSPS) is 9.97. The summed E-state index contributed by atoms with van der Waals surface area (Å²) in [5, 5.41) is 3.26. The van der Waals surface area contributed by atoms with Gasteiger partial charge in [0.2, 0.25) is 0 Å². The third kappa shape index (κ3) is 12.2. The molecule has 33 heavy (non-hydrogen) atoms.